The van der Waals surface area contributed by atoms with Gasteiger partial charge in [0.2, 0.25) is 0 Å². The van der Waals surface area contributed by atoms with Crippen LogP contribution < -0.4 is 0 Å². The first kappa shape index (κ1) is 14.4. The number of carbonyl (C=O) groups excluding carboxylic acids is 1. The highest BCUT2D eigenvalue weighted by molar-refractivity contribution is 5.92. The van der Waals surface area contributed by atoms with Crippen LogP contribution in [0.3, 0.4) is 0 Å². The number of aromatic nitrogens is 5. The summed E-state index contributed by atoms with van der Waals surface area (Å²) in [6, 6.07) is 1.80. The van der Waals surface area contributed by atoms with Gasteiger partial charge in [0.15, 0.2) is 5.82 Å². The van der Waals surface area contributed by atoms with E-state index in [1.807, 2.05) is 11.8 Å². The Balaban J connectivity index is 1.39. The third-order valence-corrected chi connectivity index (χ3v) is 4.87. The third kappa shape index (κ3) is 2.75. The van der Waals surface area contributed by atoms with Crippen LogP contribution in [-0.2, 0) is 6.54 Å². The van der Waals surface area contributed by atoms with Gasteiger partial charge in [0.05, 0.1) is 0 Å². The zero-order valence-electron chi connectivity index (χ0n) is 13.4. The first-order valence-corrected chi connectivity index (χ1v) is 8.49. The van der Waals surface area contributed by atoms with Gasteiger partial charge >= 0.3 is 0 Å². The van der Waals surface area contributed by atoms with E-state index in [-0.39, 0.29) is 5.91 Å². The van der Waals surface area contributed by atoms with Crippen molar-refractivity contribution >= 4 is 5.91 Å². The van der Waals surface area contributed by atoms with E-state index in [9.17, 15) is 4.79 Å². The van der Waals surface area contributed by atoms with Gasteiger partial charge < -0.3 is 4.90 Å². The Hall–Kier alpha value is -2.18. The number of nitrogens with zero attached hydrogens (tertiary/aromatic N) is 5. The molecule has 1 N–H and O–H groups in total. The summed E-state index contributed by atoms with van der Waals surface area (Å²) in [5.74, 6) is 3.02. The SMILES string of the molecule is CCn1nccc1C(=O)N1CCC(c2nc(C3CC3)n[nH]2)CC1. The molecule has 4 rings (SSSR count). The van der Waals surface area contributed by atoms with Gasteiger partial charge in [0.1, 0.15) is 11.5 Å². The topological polar surface area (TPSA) is 79.7 Å². The predicted octanol–water partition coefficient (Wildman–Crippen LogP) is 1.92. The second-order valence-corrected chi connectivity index (χ2v) is 6.45. The van der Waals surface area contributed by atoms with Crippen LogP contribution in [0.4, 0.5) is 0 Å². The maximum atomic E-state index is 12.6. The number of amides is 1. The number of nitrogens with one attached hydrogen (secondary N) is 1. The lowest BCUT2D eigenvalue weighted by Gasteiger charge is -2.31. The van der Waals surface area contributed by atoms with Crippen molar-refractivity contribution in [3.63, 3.8) is 0 Å². The van der Waals surface area contributed by atoms with E-state index < -0.39 is 0 Å². The fourth-order valence-corrected chi connectivity index (χ4v) is 3.28. The first-order chi connectivity index (χ1) is 11.3. The molecular formula is C16H22N6O. The molecule has 7 nitrogen and oxygen atoms in total. The molecule has 1 saturated carbocycles. The van der Waals surface area contributed by atoms with Gasteiger partial charge in [0, 0.05) is 37.7 Å². The Morgan fingerprint density at radius 2 is 2.04 bits per heavy atom. The summed E-state index contributed by atoms with van der Waals surface area (Å²) < 4.78 is 1.76. The van der Waals surface area contributed by atoms with Gasteiger partial charge in [-0.2, -0.15) is 10.2 Å². The monoisotopic (exact) mass is 314 g/mol. The molecule has 1 saturated heterocycles. The van der Waals surface area contributed by atoms with E-state index in [0.717, 1.165) is 37.6 Å². The number of likely N-dealkylation sites (tertiary alicyclic amines) is 1. The number of hydrogen-bond acceptors (Lipinski definition) is 4. The van der Waals surface area contributed by atoms with Crippen molar-refractivity contribution in [1.82, 2.24) is 29.9 Å². The van der Waals surface area contributed by atoms with E-state index in [0.29, 0.717) is 24.1 Å². The first-order valence-electron chi connectivity index (χ1n) is 8.49. The molecule has 7 heteroatoms. The molecule has 1 aliphatic heterocycles. The minimum Gasteiger partial charge on any atom is -0.337 e. The Bertz CT molecular complexity index is 693. The summed E-state index contributed by atoms with van der Waals surface area (Å²) in [4.78, 5) is 19.2. The van der Waals surface area contributed by atoms with E-state index in [2.05, 4.69) is 20.3 Å². The average molecular weight is 314 g/mol. The molecule has 2 fully saturated rings. The van der Waals surface area contributed by atoms with Gasteiger partial charge in [-0.25, -0.2) is 4.98 Å². The van der Waals surface area contributed by atoms with Crippen LogP contribution >= 0.6 is 0 Å². The van der Waals surface area contributed by atoms with Crippen molar-refractivity contribution in [2.24, 2.45) is 0 Å². The maximum Gasteiger partial charge on any atom is 0.272 e. The summed E-state index contributed by atoms with van der Waals surface area (Å²) in [5, 5.41) is 11.6. The molecule has 122 valence electrons. The summed E-state index contributed by atoms with van der Waals surface area (Å²) >= 11 is 0. The Morgan fingerprint density at radius 3 is 2.74 bits per heavy atom. The molecule has 1 aliphatic carbocycles. The number of aryl methyl sites for hydroxylation is 1. The molecule has 2 aromatic heterocycles. The van der Waals surface area contributed by atoms with Crippen LogP contribution in [0.2, 0.25) is 0 Å². The minimum absolute atomic E-state index is 0.0824. The van der Waals surface area contributed by atoms with Crippen molar-refractivity contribution in [2.75, 3.05) is 13.1 Å². The summed E-state index contributed by atoms with van der Waals surface area (Å²) in [7, 11) is 0. The van der Waals surface area contributed by atoms with E-state index >= 15 is 0 Å². The Labute approximate surface area is 135 Å². The molecule has 1 amide bonds. The Kier molecular flexibility index (Phi) is 3.63. The molecule has 0 radical (unpaired) electrons. The molecule has 2 aliphatic rings. The summed E-state index contributed by atoms with van der Waals surface area (Å²) in [6.45, 7) is 4.24. The molecule has 2 aromatic rings. The van der Waals surface area contributed by atoms with Gasteiger partial charge in [-0.1, -0.05) is 0 Å². The highest BCUT2D eigenvalue weighted by Crippen LogP contribution is 2.38. The molecular weight excluding hydrogens is 292 g/mol. The number of hydrogen-bond donors (Lipinski definition) is 1. The second kappa shape index (κ2) is 5.79. The molecule has 0 aromatic carbocycles. The number of H-pyrrole nitrogens is 1. The van der Waals surface area contributed by atoms with Gasteiger partial charge in [-0.3, -0.25) is 14.6 Å². The lowest BCUT2D eigenvalue weighted by molar-refractivity contribution is 0.0698. The van der Waals surface area contributed by atoms with Gasteiger partial charge in [-0.15, -0.1) is 0 Å². The fraction of sp³-hybridized carbons (Fsp3) is 0.625. The van der Waals surface area contributed by atoms with Gasteiger partial charge in [0.25, 0.3) is 5.91 Å². The number of piperidine rings is 1. The van der Waals surface area contributed by atoms with Crippen molar-refractivity contribution in [1.29, 1.82) is 0 Å². The minimum atomic E-state index is 0.0824. The lowest BCUT2D eigenvalue weighted by Crippen LogP contribution is -2.39. The normalized spacial score (nSPS) is 19.3. The predicted molar refractivity (Wildman–Crippen MR) is 84.1 cm³/mol. The average Bonchev–Trinajstić information content (AvgIpc) is 3.14. The molecule has 0 unspecified atom stereocenters. The Morgan fingerprint density at radius 1 is 1.26 bits per heavy atom. The molecule has 0 spiro atoms. The fourth-order valence-electron chi connectivity index (χ4n) is 3.28. The van der Waals surface area contributed by atoms with Crippen LogP contribution in [0, 0.1) is 0 Å². The van der Waals surface area contributed by atoms with Crippen LogP contribution in [0.25, 0.3) is 0 Å². The molecule has 0 atom stereocenters. The van der Waals surface area contributed by atoms with Crippen LogP contribution in [0.15, 0.2) is 12.3 Å². The quantitative estimate of drug-likeness (QED) is 0.935. The standard InChI is InChI=1S/C16H22N6O/c1-2-22-13(5-8-17-22)16(23)21-9-6-12(7-10-21)15-18-14(19-20-15)11-3-4-11/h5,8,11-12H,2-4,6-7,9-10H2,1H3,(H,18,19,20). The number of rotatable bonds is 4. The highest BCUT2D eigenvalue weighted by atomic mass is 16.2. The van der Waals surface area contributed by atoms with E-state index in [1.165, 1.54) is 12.8 Å². The smallest absolute Gasteiger partial charge is 0.272 e. The van der Waals surface area contributed by atoms with Crippen molar-refractivity contribution in [3.05, 3.63) is 29.6 Å². The summed E-state index contributed by atoms with van der Waals surface area (Å²) in [6.07, 6.45) is 6.00. The number of aromatic amines is 1. The lowest BCUT2D eigenvalue weighted by atomic mass is 9.96. The van der Waals surface area contributed by atoms with E-state index in [4.69, 9.17) is 0 Å². The zero-order chi connectivity index (χ0) is 15.8. The molecule has 3 heterocycles. The molecule has 0 bridgehead atoms. The second-order valence-electron chi connectivity index (χ2n) is 6.45. The maximum absolute atomic E-state index is 12.6. The van der Waals surface area contributed by atoms with Crippen molar-refractivity contribution < 1.29 is 4.79 Å². The van der Waals surface area contributed by atoms with Crippen molar-refractivity contribution in [3.8, 4) is 0 Å². The van der Waals surface area contributed by atoms with Crippen molar-refractivity contribution in [2.45, 2.75) is 51.0 Å². The largest absolute Gasteiger partial charge is 0.337 e. The summed E-state index contributed by atoms with van der Waals surface area (Å²) in [5.41, 5.74) is 0.682. The van der Waals surface area contributed by atoms with Crippen LogP contribution in [0.5, 0.6) is 0 Å². The van der Waals surface area contributed by atoms with Crippen LogP contribution in [0.1, 0.15) is 66.6 Å². The third-order valence-electron chi connectivity index (χ3n) is 4.87. The number of carbonyl (C=O) groups is 1. The van der Waals surface area contributed by atoms with Crippen LogP contribution in [-0.4, -0.2) is 48.9 Å². The highest BCUT2D eigenvalue weighted by Gasteiger charge is 2.31. The molecule has 23 heavy (non-hydrogen) atoms. The zero-order valence-corrected chi connectivity index (χ0v) is 13.4. The van der Waals surface area contributed by atoms with E-state index in [1.54, 1.807) is 16.9 Å². The van der Waals surface area contributed by atoms with Gasteiger partial charge in [-0.05, 0) is 38.7 Å².